The third-order valence-corrected chi connectivity index (χ3v) is 4.71. The molecule has 7 nitrogen and oxygen atoms in total. The number of anilines is 2. The Balaban J connectivity index is 1.75. The summed E-state index contributed by atoms with van der Waals surface area (Å²) >= 11 is 5.92. The number of carbonyl (C=O) groups excluding carboxylic acids is 1. The van der Waals surface area contributed by atoms with Gasteiger partial charge in [-0.05, 0) is 30.3 Å². The van der Waals surface area contributed by atoms with Crippen LogP contribution in [-0.2, 0) is 4.79 Å². The van der Waals surface area contributed by atoms with Gasteiger partial charge in [0, 0.05) is 22.3 Å². The number of rotatable bonds is 4. The van der Waals surface area contributed by atoms with Crippen molar-refractivity contribution in [1.82, 2.24) is 9.78 Å². The van der Waals surface area contributed by atoms with Crippen LogP contribution in [0.3, 0.4) is 0 Å². The van der Waals surface area contributed by atoms with Crippen molar-refractivity contribution in [2.24, 2.45) is 0 Å². The van der Waals surface area contributed by atoms with Crippen LogP contribution in [0.4, 0.5) is 20.3 Å². The van der Waals surface area contributed by atoms with Crippen molar-refractivity contribution in [2.75, 3.05) is 10.6 Å². The summed E-state index contributed by atoms with van der Waals surface area (Å²) in [5, 5.41) is 19.3. The fraction of sp³-hybridized carbons (Fsp3) is 0.0500. The van der Waals surface area contributed by atoms with E-state index in [0.717, 1.165) is 6.07 Å². The molecule has 1 aliphatic rings. The Labute approximate surface area is 173 Å². The highest BCUT2D eigenvalue weighted by Crippen LogP contribution is 2.33. The van der Waals surface area contributed by atoms with Crippen LogP contribution >= 0.6 is 11.6 Å². The second kappa shape index (κ2) is 7.60. The zero-order chi connectivity index (χ0) is 21.4. The Morgan fingerprint density at radius 2 is 2.00 bits per heavy atom. The number of allylic oxidation sites excluding steroid dienone is 1. The first-order chi connectivity index (χ1) is 14.3. The minimum Gasteiger partial charge on any atom is -0.477 e. The monoisotopic (exact) mass is 430 g/mol. The molecule has 0 saturated carbocycles. The summed E-state index contributed by atoms with van der Waals surface area (Å²) < 4.78 is 29.0. The molecule has 2 heterocycles. The van der Waals surface area contributed by atoms with Crippen molar-refractivity contribution < 1.29 is 23.5 Å². The van der Waals surface area contributed by atoms with E-state index in [-0.39, 0.29) is 22.6 Å². The molecule has 0 saturated heterocycles. The van der Waals surface area contributed by atoms with E-state index >= 15 is 0 Å². The predicted octanol–water partition coefficient (Wildman–Crippen LogP) is 4.05. The number of carboxylic acid groups (broad SMARTS) is 1. The zero-order valence-corrected chi connectivity index (χ0v) is 15.8. The molecular weight excluding hydrogens is 418 g/mol. The summed E-state index contributed by atoms with van der Waals surface area (Å²) in [5.74, 6) is -3.46. The van der Waals surface area contributed by atoms with E-state index in [1.807, 2.05) is 0 Å². The Morgan fingerprint density at radius 1 is 1.20 bits per heavy atom. The molecule has 2 aromatic carbocycles. The molecular formula is C20H13ClF2N4O3. The number of hydrogen-bond acceptors (Lipinski definition) is 4. The van der Waals surface area contributed by atoms with Crippen molar-refractivity contribution in [2.45, 2.75) is 6.04 Å². The largest absolute Gasteiger partial charge is 0.477 e. The quantitative estimate of drug-likeness (QED) is 0.580. The van der Waals surface area contributed by atoms with Crippen molar-refractivity contribution in [3.8, 4) is 0 Å². The van der Waals surface area contributed by atoms with Gasteiger partial charge >= 0.3 is 5.97 Å². The maximum Gasteiger partial charge on any atom is 0.352 e. The molecule has 1 amide bonds. The number of hydrogen-bond donors (Lipinski definition) is 3. The van der Waals surface area contributed by atoms with E-state index < -0.39 is 29.6 Å². The van der Waals surface area contributed by atoms with E-state index in [9.17, 15) is 23.5 Å². The first kappa shape index (κ1) is 19.6. The Morgan fingerprint density at radius 3 is 2.70 bits per heavy atom. The minimum atomic E-state index is -1.31. The Kier molecular flexibility index (Phi) is 4.96. The first-order valence-electron chi connectivity index (χ1n) is 8.65. The van der Waals surface area contributed by atoms with Crippen molar-refractivity contribution in [3.63, 3.8) is 0 Å². The molecule has 0 radical (unpaired) electrons. The number of fused-ring (bicyclic) bond motifs is 1. The van der Waals surface area contributed by atoms with Gasteiger partial charge in [0.25, 0.3) is 5.91 Å². The number of benzene rings is 2. The molecule has 0 aliphatic carbocycles. The number of aromatic nitrogens is 2. The molecule has 4 rings (SSSR count). The summed E-state index contributed by atoms with van der Waals surface area (Å²) in [7, 11) is 0. The van der Waals surface area contributed by atoms with Crippen molar-refractivity contribution in [1.29, 1.82) is 0 Å². The summed E-state index contributed by atoms with van der Waals surface area (Å²) in [6.07, 6.45) is 2.46. The van der Waals surface area contributed by atoms with E-state index in [2.05, 4.69) is 15.7 Å². The fourth-order valence-corrected chi connectivity index (χ4v) is 3.30. The van der Waals surface area contributed by atoms with Gasteiger partial charge < -0.3 is 15.7 Å². The van der Waals surface area contributed by atoms with Crippen molar-refractivity contribution >= 4 is 35.0 Å². The van der Waals surface area contributed by atoms with Gasteiger partial charge in [-0.15, -0.1) is 0 Å². The summed E-state index contributed by atoms with van der Waals surface area (Å²) in [6.45, 7) is 0. The van der Waals surface area contributed by atoms with Gasteiger partial charge in [-0.1, -0.05) is 23.7 Å². The number of carboxylic acids is 1. The van der Waals surface area contributed by atoms with Gasteiger partial charge in [-0.2, -0.15) is 5.10 Å². The highest BCUT2D eigenvalue weighted by atomic mass is 35.5. The summed E-state index contributed by atoms with van der Waals surface area (Å²) in [5.41, 5.74) is 0.198. The molecule has 1 aromatic heterocycles. The molecule has 30 heavy (non-hydrogen) atoms. The summed E-state index contributed by atoms with van der Waals surface area (Å²) in [6, 6.07) is 8.43. The molecule has 0 unspecified atom stereocenters. The van der Waals surface area contributed by atoms with Crippen LogP contribution in [0.5, 0.6) is 0 Å². The third-order valence-electron chi connectivity index (χ3n) is 4.48. The second-order valence-electron chi connectivity index (χ2n) is 6.44. The lowest BCUT2D eigenvalue weighted by atomic mass is 10.0. The van der Waals surface area contributed by atoms with E-state index in [4.69, 9.17) is 11.6 Å². The molecule has 3 N–H and O–H groups in total. The average molecular weight is 431 g/mol. The number of carbonyl (C=O) groups is 2. The van der Waals surface area contributed by atoms with E-state index in [1.165, 1.54) is 23.0 Å². The Hall–Kier alpha value is -3.72. The highest BCUT2D eigenvalue weighted by molar-refractivity contribution is 6.31. The first-order valence-corrected chi connectivity index (χ1v) is 9.03. The van der Waals surface area contributed by atoms with Gasteiger partial charge in [0.05, 0.1) is 6.20 Å². The smallest absolute Gasteiger partial charge is 0.352 e. The maximum absolute atomic E-state index is 14.4. The lowest BCUT2D eigenvalue weighted by Gasteiger charge is -2.24. The molecule has 10 heteroatoms. The van der Waals surface area contributed by atoms with Gasteiger partial charge in [0.2, 0.25) is 0 Å². The van der Waals surface area contributed by atoms with Gasteiger partial charge in [0.15, 0.2) is 0 Å². The highest BCUT2D eigenvalue weighted by Gasteiger charge is 2.30. The van der Waals surface area contributed by atoms with Crippen LogP contribution in [0, 0.1) is 11.6 Å². The number of halogens is 3. The number of amides is 1. The van der Waals surface area contributed by atoms with Crippen LogP contribution in [0.2, 0.25) is 5.02 Å². The third kappa shape index (κ3) is 3.62. The molecule has 1 atom stereocenters. The molecule has 0 fully saturated rings. The van der Waals surface area contributed by atoms with E-state index in [0.29, 0.717) is 16.8 Å². The van der Waals surface area contributed by atoms with Gasteiger partial charge in [0.1, 0.15) is 34.8 Å². The van der Waals surface area contributed by atoms with Gasteiger partial charge in [-0.25, -0.2) is 18.3 Å². The lowest BCUT2D eigenvalue weighted by Crippen LogP contribution is -2.26. The number of nitrogens with one attached hydrogen (secondary N) is 2. The molecule has 0 spiro atoms. The summed E-state index contributed by atoms with van der Waals surface area (Å²) in [4.78, 5) is 24.3. The average Bonchev–Trinajstić information content (AvgIpc) is 3.11. The van der Waals surface area contributed by atoms with Crippen LogP contribution in [0.15, 0.2) is 60.4 Å². The molecule has 0 bridgehead atoms. The normalized spacial score (nSPS) is 15.0. The second-order valence-corrected chi connectivity index (χ2v) is 6.87. The van der Waals surface area contributed by atoms with Crippen LogP contribution in [0.25, 0.3) is 0 Å². The Bertz CT molecular complexity index is 1210. The standard InChI is InChI=1S/C20H13ClF2N4O3/c21-10-2-1-3-12(6-10)25-19(28)14-9-24-27-17(8-16(20(29)30)26-18(14)27)13-5-4-11(22)7-15(13)23/h1-9,17,26H,(H,25,28)(H,29,30)/t17-/m1/s1. The minimum absolute atomic E-state index is 0.00259. The van der Waals surface area contributed by atoms with Crippen molar-refractivity contribution in [3.05, 3.63) is 88.2 Å². The SMILES string of the molecule is O=C(O)C1=C[C@H](c2ccc(F)cc2F)n2ncc(C(=O)Nc3cccc(Cl)c3)c2N1. The van der Waals surface area contributed by atoms with Gasteiger partial charge in [-0.3, -0.25) is 4.79 Å². The number of aliphatic carboxylic acids is 1. The maximum atomic E-state index is 14.4. The van der Waals surface area contributed by atoms with Crippen LogP contribution < -0.4 is 10.6 Å². The lowest BCUT2D eigenvalue weighted by molar-refractivity contribution is -0.132. The molecule has 3 aromatic rings. The van der Waals surface area contributed by atoms with Crippen LogP contribution in [-0.4, -0.2) is 26.8 Å². The van der Waals surface area contributed by atoms with Crippen LogP contribution in [0.1, 0.15) is 22.0 Å². The zero-order valence-electron chi connectivity index (χ0n) is 15.1. The fourth-order valence-electron chi connectivity index (χ4n) is 3.11. The molecule has 1 aliphatic heterocycles. The predicted molar refractivity (Wildman–Crippen MR) is 105 cm³/mol. The number of nitrogens with zero attached hydrogens (tertiary/aromatic N) is 2. The van der Waals surface area contributed by atoms with E-state index in [1.54, 1.807) is 24.3 Å². The topological polar surface area (TPSA) is 96.2 Å². The molecule has 152 valence electrons.